The average Bonchev–Trinajstić information content (AvgIpc) is 2.13. The number of halogens is 1. The first-order valence-corrected chi connectivity index (χ1v) is 4.89. The van der Waals surface area contributed by atoms with Crippen LogP contribution in [0.4, 0.5) is 0 Å². The Kier molecular flexibility index (Phi) is 4.72. The summed E-state index contributed by atoms with van der Waals surface area (Å²) in [5.41, 5.74) is 0.963. The first-order valence-electron chi connectivity index (χ1n) is 4.10. The molecule has 1 heterocycles. The fourth-order valence-corrected chi connectivity index (χ4v) is 1.26. The van der Waals surface area contributed by atoms with Crippen molar-refractivity contribution in [1.82, 2.24) is 4.98 Å². The molecule has 3 heteroatoms. The summed E-state index contributed by atoms with van der Waals surface area (Å²) >= 11 is 3.39. The van der Waals surface area contributed by atoms with Crippen LogP contribution in [-0.2, 0) is 4.74 Å². The Morgan fingerprint density at radius 3 is 3.15 bits per heavy atom. The van der Waals surface area contributed by atoms with Crippen LogP contribution in [0.2, 0.25) is 0 Å². The van der Waals surface area contributed by atoms with E-state index in [1.807, 2.05) is 18.2 Å². The fraction of sp³-hybridized carbons (Fsp3) is 0.300. The lowest BCUT2D eigenvalue weighted by molar-refractivity contribution is 0.204. The molecular formula is C10H12BrNO. The molecular weight excluding hydrogens is 230 g/mol. The number of ether oxygens (including phenoxy) is 1. The molecule has 0 bridgehead atoms. The van der Waals surface area contributed by atoms with Crippen LogP contribution in [0.3, 0.4) is 0 Å². The molecule has 0 saturated carbocycles. The molecule has 0 aliphatic heterocycles. The van der Waals surface area contributed by atoms with Crippen LogP contribution in [0.1, 0.15) is 12.1 Å². The zero-order valence-electron chi connectivity index (χ0n) is 7.53. The zero-order chi connectivity index (χ0) is 9.52. The normalized spacial score (nSPS) is 10.9. The van der Waals surface area contributed by atoms with Crippen molar-refractivity contribution in [2.75, 3.05) is 13.7 Å². The molecule has 0 saturated heterocycles. The lowest BCUT2D eigenvalue weighted by Gasteiger charge is -1.93. The molecule has 0 radical (unpaired) electrons. The van der Waals surface area contributed by atoms with Crippen molar-refractivity contribution in [2.45, 2.75) is 6.42 Å². The van der Waals surface area contributed by atoms with E-state index in [1.165, 1.54) is 0 Å². The Bertz CT molecular complexity index is 286. The van der Waals surface area contributed by atoms with E-state index in [-0.39, 0.29) is 0 Å². The third-order valence-corrected chi connectivity index (χ3v) is 2.01. The molecule has 0 atom stereocenters. The van der Waals surface area contributed by atoms with Gasteiger partial charge in [0.1, 0.15) is 0 Å². The molecule has 0 fully saturated rings. The highest BCUT2D eigenvalue weighted by molar-refractivity contribution is 9.10. The Balaban J connectivity index is 2.48. The molecule has 0 aromatic carbocycles. The van der Waals surface area contributed by atoms with Crippen molar-refractivity contribution in [3.63, 3.8) is 0 Å². The van der Waals surface area contributed by atoms with Gasteiger partial charge in [0.15, 0.2) is 0 Å². The lowest BCUT2D eigenvalue weighted by Crippen LogP contribution is -1.84. The van der Waals surface area contributed by atoms with Crippen LogP contribution in [0.15, 0.2) is 28.9 Å². The molecule has 0 unspecified atom stereocenters. The summed E-state index contributed by atoms with van der Waals surface area (Å²) in [5.74, 6) is 0. The van der Waals surface area contributed by atoms with Gasteiger partial charge in [0.25, 0.3) is 0 Å². The van der Waals surface area contributed by atoms with Gasteiger partial charge in [0.2, 0.25) is 0 Å². The highest BCUT2D eigenvalue weighted by Gasteiger charge is 1.88. The lowest BCUT2D eigenvalue weighted by atomic mass is 10.3. The van der Waals surface area contributed by atoms with E-state index in [4.69, 9.17) is 4.74 Å². The van der Waals surface area contributed by atoms with E-state index in [9.17, 15) is 0 Å². The summed E-state index contributed by atoms with van der Waals surface area (Å²) in [4.78, 5) is 4.18. The zero-order valence-corrected chi connectivity index (χ0v) is 9.12. The third kappa shape index (κ3) is 4.20. The van der Waals surface area contributed by atoms with Gasteiger partial charge in [-0.3, -0.25) is 4.98 Å². The van der Waals surface area contributed by atoms with E-state index in [2.05, 4.69) is 27.0 Å². The minimum Gasteiger partial charge on any atom is -0.384 e. The maximum Gasteiger partial charge on any atom is 0.0637 e. The molecule has 0 spiro atoms. The Hall–Kier alpha value is -0.670. The van der Waals surface area contributed by atoms with Gasteiger partial charge in [-0.05, 0) is 24.6 Å². The van der Waals surface area contributed by atoms with E-state index >= 15 is 0 Å². The molecule has 2 nitrogen and oxygen atoms in total. The van der Waals surface area contributed by atoms with Crippen LogP contribution in [0, 0.1) is 0 Å². The topological polar surface area (TPSA) is 22.1 Å². The predicted molar refractivity (Wildman–Crippen MR) is 57.5 cm³/mol. The van der Waals surface area contributed by atoms with Crippen molar-refractivity contribution in [3.8, 4) is 0 Å². The van der Waals surface area contributed by atoms with Gasteiger partial charge in [-0.2, -0.15) is 0 Å². The second-order valence-corrected chi connectivity index (χ2v) is 3.50. The van der Waals surface area contributed by atoms with Crippen LogP contribution < -0.4 is 0 Å². The summed E-state index contributed by atoms with van der Waals surface area (Å²) in [6.07, 6.45) is 6.74. The maximum atomic E-state index is 4.92. The minimum absolute atomic E-state index is 0.754. The standard InChI is InChI=1S/C10H12BrNO/c1-13-7-3-2-4-10-8-9(11)5-6-12-10/h2,4-6,8H,3,7H2,1H3/b4-2+. The molecule has 0 aliphatic rings. The van der Waals surface area contributed by atoms with Gasteiger partial charge < -0.3 is 4.74 Å². The highest BCUT2D eigenvalue weighted by Crippen LogP contribution is 2.10. The van der Waals surface area contributed by atoms with Crippen molar-refractivity contribution >= 4 is 22.0 Å². The number of nitrogens with zero attached hydrogens (tertiary/aromatic N) is 1. The molecule has 13 heavy (non-hydrogen) atoms. The monoisotopic (exact) mass is 241 g/mol. The summed E-state index contributed by atoms with van der Waals surface area (Å²) < 4.78 is 5.97. The second kappa shape index (κ2) is 5.89. The van der Waals surface area contributed by atoms with Crippen molar-refractivity contribution in [3.05, 3.63) is 34.6 Å². The number of hydrogen-bond donors (Lipinski definition) is 0. The van der Waals surface area contributed by atoms with E-state index in [1.54, 1.807) is 13.3 Å². The van der Waals surface area contributed by atoms with Gasteiger partial charge in [-0.1, -0.05) is 22.0 Å². The highest BCUT2D eigenvalue weighted by atomic mass is 79.9. The fourth-order valence-electron chi connectivity index (χ4n) is 0.902. The van der Waals surface area contributed by atoms with Gasteiger partial charge in [0.05, 0.1) is 5.69 Å². The smallest absolute Gasteiger partial charge is 0.0637 e. The summed E-state index contributed by atoms with van der Waals surface area (Å²) in [7, 11) is 1.70. The Morgan fingerprint density at radius 1 is 1.62 bits per heavy atom. The first kappa shape index (κ1) is 10.4. The maximum absolute atomic E-state index is 4.92. The molecule has 1 aromatic rings. The largest absolute Gasteiger partial charge is 0.384 e. The summed E-state index contributed by atoms with van der Waals surface area (Å²) in [6, 6.07) is 3.88. The molecule has 1 rings (SSSR count). The van der Waals surface area contributed by atoms with Crippen LogP contribution in [-0.4, -0.2) is 18.7 Å². The van der Waals surface area contributed by atoms with E-state index in [0.29, 0.717) is 0 Å². The number of pyridine rings is 1. The molecule has 0 aliphatic carbocycles. The van der Waals surface area contributed by atoms with Gasteiger partial charge in [-0.15, -0.1) is 0 Å². The van der Waals surface area contributed by atoms with Crippen LogP contribution in [0.25, 0.3) is 6.08 Å². The van der Waals surface area contributed by atoms with E-state index < -0.39 is 0 Å². The van der Waals surface area contributed by atoms with Gasteiger partial charge >= 0.3 is 0 Å². The van der Waals surface area contributed by atoms with Gasteiger partial charge in [0, 0.05) is 24.4 Å². The SMILES string of the molecule is COCC/C=C/c1cc(Br)ccn1. The molecule has 70 valence electrons. The number of hydrogen-bond acceptors (Lipinski definition) is 2. The Morgan fingerprint density at radius 2 is 2.46 bits per heavy atom. The molecule has 1 aromatic heterocycles. The third-order valence-electron chi connectivity index (χ3n) is 1.52. The van der Waals surface area contributed by atoms with Crippen molar-refractivity contribution < 1.29 is 4.74 Å². The summed E-state index contributed by atoms with van der Waals surface area (Å²) in [6.45, 7) is 0.754. The number of methoxy groups -OCH3 is 1. The predicted octanol–water partition coefficient (Wildman–Crippen LogP) is 2.89. The number of aromatic nitrogens is 1. The first-order chi connectivity index (χ1) is 6.33. The second-order valence-electron chi connectivity index (χ2n) is 2.58. The minimum atomic E-state index is 0.754. The molecule has 0 N–H and O–H groups in total. The number of rotatable bonds is 4. The van der Waals surface area contributed by atoms with E-state index in [0.717, 1.165) is 23.2 Å². The average molecular weight is 242 g/mol. The van der Waals surface area contributed by atoms with Crippen LogP contribution in [0.5, 0.6) is 0 Å². The van der Waals surface area contributed by atoms with Crippen LogP contribution >= 0.6 is 15.9 Å². The van der Waals surface area contributed by atoms with Gasteiger partial charge in [-0.25, -0.2) is 0 Å². The summed E-state index contributed by atoms with van der Waals surface area (Å²) in [5, 5.41) is 0. The Labute approximate surface area is 86.8 Å². The quantitative estimate of drug-likeness (QED) is 0.757. The molecule has 0 amide bonds. The van der Waals surface area contributed by atoms with Crippen molar-refractivity contribution in [1.29, 1.82) is 0 Å². The van der Waals surface area contributed by atoms with Crippen molar-refractivity contribution in [2.24, 2.45) is 0 Å².